The highest BCUT2D eigenvalue weighted by Gasteiger charge is 2.22. The van der Waals surface area contributed by atoms with E-state index >= 15 is 0 Å². The smallest absolute Gasteiger partial charge is 0.260 e. The van der Waals surface area contributed by atoms with Gasteiger partial charge in [0.1, 0.15) is 17.3 Å². The van der Waals surface area contributed by atoms with Crippen LogP contribution >= 0.6 is 22.9 Å². The number of nitrogens with zero attached hydrogens (tertiary/aromatic N) is 3. The van der Waals surface area contributed by atoms with E-state index in [4.69, 9.17) is 16.3 Å². The number of fused-ring (bicyclic) bond motifs is 1. The minimum Gasteiger partial charge on any atom is -0.496 e. The molecule has 1 aromatic carbocycles. The quantitative estimate of drug-likeness (QED) is 0.460. The number of rotatable bonds is 5. The van der Waals surface area contributed by atoms with Gasteiger partial charge in [-0.05, 0) is 48.9 Å². The fourth-order valence-electron chi connectivity index (χ4n) is 3.75. The molecule has 0 saturated heterocycles. The number of H-pyrrole nitrogens is 1. The van der Waals surface area contributed by atoms with Crippen molar-refractivity contribution in [1.82, 2.24) is 19.7 Å². The van der Waals surface area contributed by atoms with Gasteiger partial charge in [-0.25, -0.2) is 4.98 Å². The predicted molar refractivity (Wildman–Crippen MR) is 123 cm³/mol. The van der Waals surface area contributed by atoms with Gasteiger partial charge in [0.2, 0.25) is 5.95 Å². The number of thiophene rings is 1. The Morgan fingerprint density at radius 2 is 2.16 bits per heavy atom. The number of amides is 1. The highest BCUT2D eigenvalue weighted by molar-refractivity contribution is 7.13. The summed E-state index contributed by atoms with van der Waals surface area (Å²) in [6.07, 6.45) is 2.36. The molecule has 0 saturated carbocycles. The van der Waals surface area contributed by atoms with Crippen molar-refractivity contribution in [3.8, 4) is 22.3 Å². The number of carbonyl (C=O) groups excluding carboxylic acids is 1. The van der Waals surface area contributed by atoms with E-state index in [-0.39, 0.29) is 17.1 Å². The molecule has 0 aliphatic heterocycles. The van der Waals surface area contributed by atoms with Crippen LogP contribution in [0, 0.1) is 0 Å². The number of ether oxygens (including phenoxy) is 1. The molecule has 3 heterocycles. The number of nitrogens with one attached hydrogen (secondary N) is 2. The summed E-state index contributed by atoms with van der Waals surface area (Å²) >= 11 is 7.61. The van der Waals surface area contributed by atoms with E-state index in [2.05, 4.69) is 20.4 Å². The Morgan fingerprint density at radius 1 is 1.28 bits per heavy atom. The standard InChI is InChI=1S/C22H18ClN5O3S/c1-31-17-8-7-12(23)10-14(17)21(30)25-19-11-16(18-6-3-9-32-18)27-28(19)22-24-15-5-2-4-13(15)20(29)26-22/h3,6-11H,2,4-5H2,1H3,(H,25,30)(H,24,26,29). The van der Waals surface area contributed by atoms with Crippen LogP contribution in [0.2, 0.25) is 5.02 Å². The minimum atomic E-state index is -0.424. The zero-order valence-electron chi connectivity index (χ0n) is 17.0. The van der Waals surface area contributed by atoms with Gasteiger partial charge in [-0.15, -0.1) is 11.3 Å². The summed E-state index contributed by atoms with van der Waals surface area (Å²) in [4.78, 5) is 34.0. The molecule has 1 aliphatic carbocycles. The van der Waals surface area contributed by atoms with Gasteiger partial charge in [0.05, 0.1) is 23.2 Å². The van der Waals surface area contributed by atoms with Crippen molar-refractivity contribution < 1.29 is 9.53 Å². The molecule has 1 aliphatic rings. The second-order valence-corrected chi connectivity index (χ2v) is 8.66. The lowest BCUT2D eigenvalue weighted by Gasteiger charge is -2.11. The number of aromatic nitrogens is 4. The topological polar surface area (TPSA) is 102 Å². The lowest BCUT2D eigenvalue weighted by atomic mass is 10.2. The van der Waals surface area contributed by atoms with Crippen LogP contribution in [0.1, 0.15) is 28.0 Å². The number of halogens is 1. The van der Waals surface area contributed by atoms with Crippen LogP contribution in [0.4, 0.5) is 5.82 Å². The molecule has 0 spiro atoms. The Morgan fingerprint density at radius 3 is 2.94 bits per heavy atom. The van der Waals surface area contributed by atoms with E-state index in [0.29, 0.717) is 27.8 Å². The first-order chi connectivity index (χ1) is 15.5. The summed E-state index contributed by atoms with van der Waals surface area (Å²) in [7, 11) is 1.48. The first-order valence-electron chi connectivity index (χ1n) is 9.95. The Balaban J connectivity index is 1.59. The monoisotopic (exact) mass is 467 g/mol. The van der Waals surface area contributed by atoms with E-state index in [1.807, 2.05) is 17.5 Å². The first kappa shape index (κ1) is 20.5. The molecule has 0 bridgehead atoms. The maximum Gasteiger partial charge on any atom is 0.260 e. The summed E-state index contributed by atoms with van der Waals surface area (Å²) < 4.78 is 6.75. The van der Waals surface area contributed by atoms with Crippen molar-refractivity contribution in [3.63, 3.8) is 0 Å². The van der Waals surface area contributed by atoms with E-state index in [1.54, 1.807) is 18.2 Å². The molecule has 1 amide bonds. The van der Waals surface area contributed by atoms with Gasteiger partial charge in [-0.2, -0.15) is 9.78 Å². The van der Waals surface area contributed by atoms with Gasteiger partial charge < -0.3 is 10.1 Å². The number of methoxy groups -OCH3 is 1. The number of hydrogen-bond donors (Lipinski definition) is 2. The van der Waals surface area contributed by atoms with Crippen molar-refractivity contribution in [2.45, 2.75) is 19.3 Å². The SMILES string of the molecule is COc1ccc(Cl)cc1C(=O)Nc1cc(-c2cccs2)nn1-c1nc2c(c(=O)[nH]1)CCC2. The number of benzene rings is 1. The number of anilines is 1. The van der Waals surface area contributed by atoms with E-state index in [0.717, 1.165) is 29.8 Å². The maximum atomic E-state index is 13.1. The third kappa shape index (κ3) is 3.69. The lowest BCUT2D eigenvalue weighted by molar-refractivity contribution is 0.102. The van der Waals surface area contributed by atoms with Gasteiger partial charge in [0, 0.05) is 16.7 Å². The zero-order chi connectivity index (χ0) is 22.2. The molecule has 0 atom stereocenters. The van der Waals surface area contributed by atoms with Crippen molar-refractivity contribution >= 4 is 34.7 Å². The molecule has 4 aromatic rings. The van der Waals surface area contributed by atoms with Gasteiger partial charge in [0.25, 0.3) is 11.5 Å². The summed E-state index contributed by atoms with van der Waals surface area (Å²) in [5.41, 5.74) is 2.24. The molecule has 10 heteroatoms. The summed E-state index contributed by atoms with van der Waals surface area (Å²) in [6.45, 7) is 0. The van der Waals surface area contributed by atoms with Crippen LogP contribution in [0.25, 0.3) is 16.5 Å². The Labute approximate surface area is 191 Å². The molecule has 2 N–H and O–H groups in total. The molecule has 3 aromatic heterocycles. The average molecular weight is 468 g/mol. The van der Waals surface area contributed by atoms with Crippen LogP contribution in [-0.2, 0) is 12.8 Å². The first-order valence-corrected chi connectivity index (χ1v) is 11.2. The molecular formula is C22H18ClN5O3S. The van der Waals surface area contributed by atoms with Gasteiger partial charge in [0.15, 0.2) is 0 Å². The Hall–Kier alpha value is -3.43. The minimum absolute atomic E-state index is 0.176. The zero-order valence-corrected chi connectivity index (χ0v) is 18.6. The maximum absolute atomic E-state index is 13.1. The molecular weight excluding hydrogens is 450 g/mol. The van der Waals surface area contributed by atoms with Crippen LogP contribution in [0.5, 0.6) is 5.75 Å². The molecule has 0 radical (unpaired) electrons. The van der Waals surface area contributed by atoms with Gasteiger partial charge in [-0.1, -0.05) is 17.7 Å². The van der Waals surface area contributed by atoms with E-state index < -0.39 is 5.91 Å². The predicted octanol–water partition coefficient (Wildman–Crippen LogP) is 4.09. The molecule has 0 unspecified atom stereocenters. The van der Waals surface area contributed by atoms with Gasteiger partial charge >= 0.3 is 0 Å². The molecule has 8 nitrogen and oxygen atoms in total. The number of carbonyl (C=O) groups is 1. The van der Waals surface area contributed by atoms with E-state index in [9.17, 15) is 9.59 Å². The lowest BCUT2D eigenvalue weighted by Crippen LogP contribution is -2.21. The fourth-order valence-corrected chi connectivity index (χ4v) is 4.60. The van der Waals surface area contributed by atoms with Crippen molar-refractivity contribution in [2.24, 2.45) is 0 Å². The van der Waals surface area contributed by atoms with Crippen LogP contribution < -0.4 is 15.6 Å². The normalized spacial score (nSPS) is 12.6. The fraction of sp³-hybridized carbons (Fsp3) is 0.182. The van der Waals surface area contributed by atoms with Crippen LogP contribution in [-0.4, -0.2) is 32.8 Å². The number of hydrogen-bond acceptors (Lipinski definition) is 6. The van der Waals surface area contributed by atoms with E-state index in [1.165, 1.54) is 29.2 Å². The van der Waals surface area contributed by atoms with Crippen molar-refractivity contribution in [1.29, 1.82) is 0 Å². The van der Waals surface area contributed by atoms with Crippen molar-refractivity contribution in [2.75, 3.05) is 12.4 Å². The molecule has 0 fully saturated rings. The summed E-state index contributed by atoms with van der Waals surface area (Å²) in [6, 6.07) is 10.4. The third-order valence-electron chi connectivity index (χ3n) is 5.26. The Kier molecular flexibility index (Phi) is 5.28. The number of aromatic amines is 1. The molecule has 32 heavy (non-hydrogen) atoms. The van der Waals surface area contributed by atoms with Crippen LogP contribution in [0.3, 0.4) is 0 Å². The second kappa shape index (κ2) is 8.25. The summed E-state index contributed by atoms with van der Waals surface area (Å²) in [5.74, 6) is 0.584. The highest BCUT2D eigenvalue weighted by Crippen LogP contribution is 2.29. The largest absolute Gasteiger partial charge is 0.496 e. The van der Waals surface area contributed by atoms with Crippen LogP contribution in [0.15, 0.2) is 46.6 Å². The molecule has 162 valence electrons. The number of aryl methyl sites for hydroxylation is 1. The molecule has 5 rings (SSSR count). The second-order valence-electron chi connectivity index (χ2n) is 7.27. The Bertz CT molecular complexity index is 1380. The van der Waals surface area contributed by atoms with Gasteiger partial charge in [-0.3, -0.25) is 14.6 Å². The summed E-state index contributed by atoms with van der Waals surface area (Å²) in [5, 5.41) is 9.83. The highest BCUT2D eigenvalue weighted by atomic mass is 35.5. The average Bonchev–Trinajstić information content (AvgIpc) is 3.54. The van der Waals surface area contributed by atoms with Crippen molar-refractivity contribution in [3.05, 3.63) is 74.0 Å². The third-order valence-corrected chi connectivity index (χ3v) is 6.39.